The molecule has 0 radical (unpaired) electrons. The molecule has 1 aliphatic heterocycles. The van der Waals surface area contributed by atoms with Crippen molar-refractivity contribution in [3.05, 3.63) is 40.1 Å². The molecule has 1 fully saturated rings. The molecule has 2 N–H and O–H groups in total. The molecule has 17 heteroatoms. The van der Waals surface area contributed by atoms with Gasteiger partial charge in [-0.25, -0.2) is 20.1 Å². The van der Waals surface area contributed by atoms with Crippen LogP contribution < -0.4 is 15.8 Å². The second-order valence-electron chi connectivity index (χ2n) is 8.55. The summed E-state index contributed by atoms with van der Waals surface area (Å²) in [5.74, 6) is -0.222. The first kappa shape index (κ1) is 29.1. The van der Waals surface area contributed by atoms with Gasteiger partial charge in [-0.3, -0.25) is 19.3 Å². The molecule has 1 amide bonds. The number of hydrogen-bond acceptors (Lipinski definition) is 9. The van der Waals surface area contributed by atoms with Gasteiger partial charge in [-0.15, -0.1) is 0 Å². The Kier molecular flexibility index (Phi) is 9.14. The van der Waals surface area contributed by atoms with Crippen molar-refractivity contribution in [2.45, 2.75) is 32.2 Å². The van der Waals surface area contributed by atoms with Crippen LogP contribution in [0.15, 0.2) is 23.4 Å². The highest BCUT2D eigenvalue weighted by molar-refractivity contribution is 5.72. The van der Waals surface area contributed by atoms with Gasteiger partial charge >= 0.3 is 12.4 Å². The second kappa shape index (κ2) is 11.9. The number of anilines is 2. The molecule has 2 aromatic rings. The van der Waals surface area contributed by atoms with Crippen molar-refractivity contribution in [3.8, 4) is 0 Å². The van der Waals surface area contributed by atoms with Crippen molar-refractivity contribution < 1.29 is 36.0 Å². The van der Waals surface area contributed by atoms with Gasteiger partial charge in [0.25, 0.3) is 5.56 Å². The summed E-state index contributed by atoms with van der Waals surface area (Å²) in [6.07, 6.45) is -7.09. The zero-order chi connectivity index (χ0) is 28.1. The number of amides is 1. The van der Waals surface area contributed by atoms with E-state index < -0.39 is 46.7 Å². The van der Waals surface area contributed by atoms with Crippen molar-refractivity contribution in [1.29, 1.82) is 0 Å². The Morgan fingerprint density at radius 1 is 1.11 bits per heavy atom. The van der Waals surface area contributed by atoms with Gasteiger partial charge in [0, 0.05) is 58.1 Å². The van der Waals surface area contributed by atoms with Crippen LogP contribution in [0.2, 0.25) is 0 Å². The molecule has 0 aromatic carbocycles. The SMILES string of the molecule is CC(=O)N(CCN1CCN(c2ncc(C(F)(F)F)cn2)CC1)OCC(C)Nc1cn[nH]c(=O)c1C(F)(F)F. The maximum absolute atomic E-state index is 13.2. The fourth-order valence-electron chi connectivity index (χ4n) is 3.65. The minimum absolute atomic E-state index is 0.166. The van der Waals surface area contributed by atoms with E-state index in [0.717, 1.165) is 23.7 Å². The molecule has 1 saturated heterocycles. The van der Waals surface area contributed by atoms with E-state index in [0.29, 0.717) is 32.7 Å². The van der Waals surface area contributed by atoms with Crippen molar-refractivity contribution >= 4 is 17.5 Å². The van der Waals surface area contributed by atoms with E-state index in [1.165, 1.54) is 13.8 Å². The molecule has 0 bridgehead atoms. The molecule has 210 valence electrons. The summed E-state index contributed by atoms with van der Waals surface area (Å²) in [5.41, 5.74) is -4.24. The van der Waals surface area contributed by atoms with Gasteiger partial charge in [-0.1, -0.05) is 0 Å². The first-order valence-corrected chi connectivity index (χ1v) is 11.4. The Labute approximate surface area is 212 Å². The number of nitrogens with zero attached hydrogens (tertiary/aromatic N) is 6. The number of halogens is 6. The highest BCUT2D eigenvalue weighted by atomic mass is 19.4. The molecule has 0 aliphatic carbocycles. The number of nitrogens with one attached hydrogen (secondary N) is 2. The van der Waals surface area contributed by atoms with E-state index in [1.807, 2.05) is 4.90 Å². The molecule has 0 saturated carbocycles. The fraction of sp³-hybridized carbons (Fsp3) is 0.571. The average Bonchev–Trinajstić information content (AvgIpc) is 2.83. The molecular formula is C21H26F6N8O3. The zero-order valence-corrected chi connectivity index (χ0v) is 20.4. The Balaban J connectivity index is 1.47. The minimum Gasteiger partial charge on any atom is -0.378 e. The summed E-state index contributed by atoms with van der Waals surface area (Å²) >= 11 is 0. The Hall–Kier alpha value is -3.47. The van der Waals surface area contributed by atoms with Crippen LogP contribution in [0.25, 0.3) is 0 Å². The first-order valence-electron chi connectivity index (χ1n) is 11.4. The van der Waals surface area contributed by atoms with Gasteiger partial charge in [0.05, 0.1) is 30.6 Å². The van der Waals surface area contributed by atoms with Crippen LogP contribution in [-0.4, -0.2) is 88.0 Å². The molecule has 38 heavy (non-hydrogen) atoms. The topological polar surface area (TPSA) is 120 Å². The highest BCUT2D eigenvalue weighted by Gasteiger charge is 2.37. The number of aromatic nitrogens is 4. The number of carbonyl (C=O) groups excluding carboxylic acids is 1. The minimum atomic E-state index is -4.90. The number of piperazine rings is 1. The standard InChI is InChI=1S/C21H26F6N8O3/c1-13(31-16-11-30-32-18(37)17(16)21(25,26)27)12-38-35(14(2)36)8-5-33-3-6-34(7-4-33)19-28-9-15(10-29-19)20(22,23)24/h9-11,13H,3-8,12H2,1-2H3,(H2,31,32,37). The highest BCUT2D eigenvalue weighted by Crippen LogP contribution is 2.31. The van der Waals surface area contributed by atoms with Crippen LogP contribution in [0.1, 0.15) is 25.0 Å². The lowest BCUT2D eigenvalue weighted by molar-refractivity contribution is -0.186. The number of hydroxylamine groups is 2. The smallest absolute Gasteiger partial charge is 0.378 e. The molecule has 2 aromatic heterocycles. The Morgan fingerprint density at radius 2 is 1.74 bits per heavy atom. The molecule has 0 spiro atoms. The van der Waals surface area contributed by atoms with E-state index in [4.69, 9.17) is 4.84 Å². The second-order valence-corrected chi connectivity index (χ2v) is 8.55. The van der Waals surface area contributed by atoms with Crippen LogP contribution in [0.4, 0.5) is 38.0 Å². The lowest BCUT2D eigenvalue weighted by Gasteiger charge is -2.35. The quantitative estimate of drug-likeness (QED) is 0.356. The van der Waals surface area contributed by atoms with Gasteiger partial charge in [0.15, 0.2) is 0 Å². The number of rotatable bonds is 9. The summed E-state index contributed by atoms with van der Waals surface area (Å²) in [4.78, 5) is 40.5. The van der Waals surface area contributed by atoms with Gasteiger partial charge in [-0.2, -0.15) is 31.4 Å². The van der Waals surface area contributed by atoms with Crippen molar-refractivity contribution in [2.75, 3.05) is 56.1 Å². The molecule has 1 aliphatic rings. The molecule has 1 atom stereocenters. The van der Waals surface area contributed by atoms with Gasteiger partial charge < -0.3 is 10.2 Å². The third kappa shape index (κ3) is 7.77. The maximum atomic E-state index is 13.2. The zero-order valence-electron chi connectivity index (χ0n) is 20.4. The van der Waals surface area contributed by atoms with Crippen molar-refractivity contribution in [2.24, 2.45) is 0 Å². The predicted molar refractivity (Wildman–Crippen MR) is 122 cm³/mol. The predicted octanol–water partition coefficient (Wildman–Crippen LogP) is 2.00. The number of carbonyl (C=O) groups is 1. The lowest BCUT2D eigenvalue weighted by atomic mass is 10.2. The van der Waals surface area contributed by atoms with E-state index >= 15 is 0 Å². The summed E-state index contributed by atoms with van der Waals surface area (Å²) in [7, 11) is 0. The van der Waals surface area contributed by atoms with Crippen LogP contribution in [0, 0.1) is 0 Å². The van der Waals surface area contributed by atoms with Crippen LogP contribution >= 0.6 is 0 Å². The number of H-pyrrole nitrogens is 1. The summed E-state index contributed by atoms with van der Waals surface area (Å²) in [6, 6.07) is -0.714. The number of hydrogen-bond donors (Lipinski definition) is 2. The van der Waals surface area contributed by atoms with Gasteiger partial charge in [0.1, 0.15) is 5.56 Å². The average molecular weight is 552 g/mol. The summed E-state index contributed by atoms with van der Waals surface area (Å²) < 4.78 is 77.7. The number of aromatic amines is 1. The Bertz CT molecular complexity index is 1130. The van der Waals surface area contributed by atoms with E-state index in [2.05, 4.69) is 20.4 Å². The van der Waals surface area contributed by atoms with E-state index in [1.54, 1.807) is 10.00 Å². The largest absolute Gasteiger partial charge is 0.423 e. The van der Waals surface area contributed by atoms with Crippen LogP contribution in [0.3, 0.4) is 0 Å². The third-order valence-electron chi connectivity index (χ3n) is 5.61. The molecule has 11 nitrogen and oxygen atoms in total. The van der Waals surface area contributed by atoms with E-state index in [-0.39, 0.29) is 19.1 Å². The first-order chi connectivity index (χ1) is 17.8. The van der Waals surface area contributed by atoms with Crippen molar-refractivity contribution in [1.82, 2.24) is 30.1 Å². The van der Waals surface area contributed by atoms with E-state index in [9.17, 15) is 35.9 Å². The normalized spacial score (nSPS) is 15.8. The van der Waals surface area contributed by atoms with Gasteiger partial charge in [-0.05, 0) is 6.92 Å². The molecule has 3 heterocycles. The maximum Gasteiger partial charge on any atom is 0.423 e. The molecule has 1 unspecified atom stereocenters. The van der Waals surface area contributed by atoms with Crippen LogP contribution in [-0.2, 0) is 22.0 Å². The molecule has 3 rings (SSSR count). The van der Waals surface area contributed by atoms with Crippen LogP contribution in [0.5, 0.6) is 0 Å². The fourth-order valence-corrected chi connectivity index (χ4v) is 3.65. The molecular weight excluding hydrogens is 526 g/mol. The van der Waals surface area contributed by atoms with Gasteiger partial charge in [0.2, 0.25) is 11.9 Å². The summed E-state index contributed by atoms with van der Waals surface area (Å²) in [5, 5.41) is 8.76. The third-order valence-corrected chi connectivity index (χ3v) is 5.61. The monoisotopic (exact) mass is 552 g/mol. The van der Waals surface area contributed by atoms with Crippen molar-refractivity contribution in [3.63, 3.8) is 0 Å². The number of alkyl halides is 6. The summed E-state index contributed by atoms with van der Waals surface area (Å²) in [6.45, 7) is 5.18. The lowest BCUT2D eigenvalue weighted by Crippen LogP contribution is -2.49. The Morgan fingerprint density at radius 3 is 2.29 bits per heavy atom.